The molecule has 0 atom stereocenters. The molecule has 3 heteroatoms. The van der Waals surface area contributed by atoms with E-state index in [1.807, 2.05) is 0 Å². The van der Waals surface area contributed by atoms with Crippen LogP contribution >= 0.6 is 11.6 Å². The van der Waals surface area contributed by atoms with Crippen LogP contribution in [0.3, 0.4) is 0 Å². The van der Waals surface area contributed by atoms with Crippen molar-refractivity contribution in [2.24, 2.45) is 0 Å². The van der Waals surface area contributed by atoms with Gasteiger partial charge in [-0.15, -0.1) is 0 Å². The Hall–Kier alpha value is -0.760. The van der Waals surface area contributed by atoms with Gasteiger partial charge < -0.3 is 5.73 Å². The first-order valence-electron chi connectivity index (χ1n) is 3.65. The summed E-state index contributed by atoms with van der Waals surface area (Å²) in [7, 11) is 0. The van der Waals surface area contributed by atoms with Crippen molar-refractivity contribution in [3.05, 3.63) is 28.8 Å². The van der Waals surface area contributed by atoms with Crippen LogP contribution in [-0.4, -0.2) is 0 Å². The van der Waals surface area contributed by atoms with Gasteiger partial charge in [0, 0.05) is 16.3 Å². The van der Waals surface area contributed by atoms with E-state index < -0.39 is 5.67 Å². The number of alkyl halides is 1. The van der Waals surface area contributed by atoms with Crippen molar-refractivity contribution in [3.63, 3.8) is 0 Å². The molecule has 0 aliphatic heterocycles. The third-order valence-electron chi connectivity index (χ3n) is 1.66. The number of halogens is 2. The van der Waals surface area contributed by atoms with Crippen LogP contribution in [0, 0.1) is 0 Å². The van der Waals surface area contributed by atoms with Crippen molar-refractivity contribution >= 4 is 17.3 Å². The zero-order valence-corrected chi connectivity index (χ0v) is 7.82. The molecule has 0 radical (unpaired) electrons. The van der Waals surface area contributed by atoms with Gasteiger partial charge in [-0.2, -0.15) is 0 Å². The van der Waals surface area contributed by atoms with E-state index >= 15 is 0 Å². The molecule has 0 aliphatic rings. The summed E-state index contributed by atoms with van der Waals surface area (Å²) in [5.74, 6) is 0. The van der Waals surface area contributed by atoms with Gasteiger partial charge in [-0.25, -0.2) is 4.39 Å². The second-order valence-electron chi connectivity index (χ2n) is 3.20. The Morgan fingerprint density at radius 3 is 2.42 bits per heavy atom. The third kappa shape index (κ3) is 1.89. The first-order chi connectivity index (χ1) is 5.41. The van der Waals surface area contributed by atoms with Gasteiger partial charge in [0.25, 0.3) is 0 Å². The van der Waals surface area contributed by atoms with E-state index in [-0.39, 0.29) is 0 Å². The van der Waals surface area contributed by atoms with Crippen LogP contribution < -0.4 is 5.73 Å². The molecular formula is C9H11ClFN. The largest absolute Gasteiger partial charge is 0.398 e. The highest BCUT2D eigenvalue weighted by Gasteiger charge is 2.21. The van der Waals surface area contributed by atoms with Gasteiger partial charge in [-0.3, -0.25) is 0 Å². The molecule has 1 nitrogen and oxygen atoms in total. The summed E-state index contributed by atoms with van der Waals surface area (Å²) in [6.45, 7) is 2.91. The molecule has 0 amide bonds. The zero-order valence-electron chi connectivity index (χ0n) is 7.07. The van der Waals surface area contributed by atoms with Gasteiger partial charge in [-0.1, -0.05) is 11.6 Å². The van der Waals surface area contributed by atoms with Crippen LogP contribution in [0.5, 0.6) is 0 Å². The van der Waals surface area contributed by atoms with Crippen LogP contribution in [0.25, 0.3) is 0 Å². The molecule has 0 unspecified atom stereocenters. The standard InChI is InChI=1S/C9H11ClFN/c1-9(2,11)7-5-6(10)3-4-8(7)12/h3-5H,12H2,1-2H3. The maximum absolute atomic E-state index is 13.4. The molecule has 1 aromatic rings. The van der Waals surface area contributed by atoms with Crippen LogP contribution in [-0.2, 0) is 5.67 Å². The molecule has 66 valence electrons. The number of anilines is 1. The summed E-state index contributed by atoms with van der Waals surface area (Å²) in [5, 5.41) is 0.505. The number of hydrogen-bond acceptors (Lipinski definition) is 1. The number of nitrogen functional groups attached to an aromatic ring is 1. The minimum absolute atomic E-state index is 0.437. The van der Waals surface area contributed by atoms with Crippen LogP contribution in [0.1, 0.15) is 19.4 Å². The van der Waals surface area contributed by atoms with E-state index in [1.54, 1.807) is 18.2 Å². The topological polar surface area (TPSA) is 26.0 Å². The lowest BCUT2D eigenvalue weighted by Crippen LogP contribution is -2.11. The van der Waals surface area contributed by atoms with E-state index in [2.05, 4.69) is 0 Å². The molecule has 0 saturated carbocycles. The minimum atomic E-state index is -1.44. The SMILES string of the molecule is CC(C)(F)c1cc(Cl)ccc1N. The quantitative estimate of drug-likeness (QED) is 0.672. The highest BCUT2D eigenvalue weighted by atomic mass is 35.5. The van der Waals surface area contributed by atoms with E-state index in [1.165, 1.54) is 13.8 Å². The molecule has 1 aromatic carbocycles. The maximum Gasteiger partial charge on any atom is 0.132 e. The molecule has 12 heavy (non-hydrogen) atoms. The summed E-state index contributed by atoms with van der Waals surface area (Å²) < 4.78 is 13.4. The molecule has 0 bridgehead atoms. The van der Waals surface area contributed by atoms with Crippen molar-refractivity contribution in [1.82, 2.24) is 0 Å². The lowest BCUT2D eigenvalue weighted by Gasteiger charge is -2.16. The summed E-state index contributed by atoms with van der Waals surface area (Å²) >= 11 is 5.70. The normalized spacial score (nSPS) is 11.7. The Morgan fingerprint density at radius 1 is 1.42 bits per heavy atom. The fourth-order valence-corrected chi connectivity index (χ4v) is 1.22. The summed E-state index contributed by atoms with van der Waals surface area (Å²) in [6.07, 6.45) is 0. The van der Waals surface area contributed by atoms with Crippen molar-refractivity contribution < 1.29 is 4.39 Å². The molecule has 0 spiro atoms. The van der Waals surface area contributed by atoms with Crippen molar-refractivity contribution in [2.45, 2.75) is 19.5 Å². The highest BCUT2D eigenvalue weighted by Crippen LogP contribution is 2.31. The van der Waals surface area contributed by atoms with Gasteiger partial charge in [0.1, 0.15) is 5.67 Å². The summed E-state index contributed by atoms with van der Waals surface area (Å²) in [5.41, 5.74) is 5.02. The number of benzene rings is 1. The molecule has 0 heterocycles. The number of nitrogens with two attached hydrogens (primary N) is 1. The molecular weight excluding hydrogens is 177 g/mol. The Bertz CT molecular complexity index is 291. The average molecular weight is 188 g/mol. The second-order valence-corrected chi connectivity index (χ2v) is 3.64. The van der Waals surface area contributed by atoms with Crippen molar-refractivity contribution in [1.29, 1.82) is 0 Å². The van der Waals surface area contributed by atoms with Gasteiger partial charge in [0.2, 0.25) is 0 Å². The third-order valence-corrected chi connectivity index (χ3v) is 1.89. The van der Waals surface area contributed by atoms with E-state index in [9.17, 15) is 4.39 Å². The van der Waals surface area contributed by atoms with E-state index in [4.69, 9.17) is 17.3 Å². The monoisotopic (exact) mass is 187 g/mol. The van der Waals surface area contributed by atoms with Gasteiger partial charge >= 0.3 is 0 Å². The van der Waals surface area contributed by atoms with Gasteiger partial charge in [-0.05, 0) is 32.0 Å². The van der Waals surface area contributed by atoms with Crippen LogP contribution in [0.15, 0.2) is 18.2 Å². The Labute approximate surface area is 76.3 Å². The van der Waals surface area contributed by atoms with Crippen LogP contribution in [0.4, 0.5) is 10.1 Å². The molecule has 0 saturated heterocycles. The lowest BCUT2D eigenvalue weighted by atomic mass is 9.98. The smallest absolute Gasteiger partial charge is 0.132 e. The highest BCUT2D eigenvalue weighted by molar-refractivity contribution is 6.30. The molecule has 2 N–H and O–H groups in total. The molecule has 1 rings (SSSR count). The molecule has 0 fully saturated rings. The zero-order chi connectivity index (χ0) is 9.35. The number of hydrogen-bond donors (Lipinski definition) is 1. The molecule has 0 aliphatic carbocycles. The number of rotatable bonds is 1. The minimum Gasteiger partial charge on any atom is -0.398 e. The Kier molecular flexibility index (Phi) is 2.29. The van der Waals surface area contributed by atoms with Gasteiger partial charge in [0.15, 0.2) is 0 Å². The van der Waals surface area contributed by atoms with E-state index in [0.717, 1.165) is 0 Å². The van der Waals surface area contributed by atoms with E-state index in [0.29, 0.717) is 16.3 Å². The first kappa shape index (κ1) is 9.33. The summed E-state index contributed by atoms with van der Waals surface area (Å²) in [6, 6.07) is 4.81. The van der Waals surface area contributed by atoms with Gasteiger partial charge in [0.05, 0.1) is 0 Å². The second kappa shape index (κ2) is 2.94. The molecule has 0 aromatic heterocycles. The van der Waals surface area contributed by atoms with Crippen LogP contribution in [0.2, 0.25) is 5.02 Å². The first-order valence-corrected chi connectivity index (χ1v) is 4.03. The average Bonchev–Trinajstić information content (AvgIpc) is 1.92. The Morgan fingerprint density at radius 2 is 2.00 bits per heavy atom. The maximum atomic E-state index is 13.4. The van der Waals surface area contributed by atoms with Crippen molar-refractivity contribution in [3.8, 4) is 0 Å². The lowest BCUT2D eigenvalue weighted by molar-refractivity contribution is 0.222. The predicted molar refractivity (Wildman–Crippen MR) is 50.0 cm³/mol. The summed E-state index contributed by atoms with van der Waals surface area (Å²) in [4.78, 5) is 0. The fraction of sp³-hybridized carbons (Fsp3) is 0.333. The fourth-order valence-electron chi connectivity index (χ4n) is 1.04. The van der Waals surface area contributed by atoms with Crippen molar-refractivity contribution in [2.75, 3.05) is 5.73 Å². The predicted octanol–water partition coefficient (Wildman–Crippen LogP) is 3.13. The Balaban J connectivity index is 3.23.